The molecular weight excluding hydrogens is 424 g/mol. The fourth-order valence-electron chi connectivity index (χ4n) is 5.57. The summed E-state index contributed by atoms with van der Waals surface area (Å²) in [6, 6.07) is 3.63. The lowest BCUT2D eigenvalue weighted by atomic mass is 9.87. The molecule has 1 aromatic rings. The molecule has 4 aliphatic rings. The van der Waals surface area contributed by atoms with E-state index in [-0.39, 0.29) is 24.1 Å². The molecule has 0 saturated carbocycles. The van der Waals surface area contributed by atoms with Gasteiger partial charge in [-0.05, 0) is 50.3 Å². The number of nitrogens with zero attached hydrogens (tertiary/aromatic N) is 2. The van der Waals surface area contributed by atoms with E-state index < -0.39 is 6.10 Å². The lowest BCUT2D eigenvalue weighted by molar-refractivity contribution is -0.136. The third-order valence-electron chi connectivity index (χ3n) is 7.83. The molecule has 1 unspecified atom stereocenters. The van der Waals surface area contributed by atoms with Gasteiger partial charge in [-0.1, -0.05) is 6.07 Å². The first kappa shape index (κ1) is 22.4. The summed E-state index contributed by atoms with van der Waals surface area (Å²) in [5.41, 5.74) is 4.89. The van der Waals surface area contributed by atoms with Crippen LogP contribution in [-0.2, 0) is 25.6 Å². The van der Waals surface area contributed by atoms with Crippen molar-refractivity contribution in [1.29, 1.82) is 0 Å². The molecule has 1 spiro atoms. The van der Waals surface area contributed by atoms with Gasteiger partial charge in [-0.15, -0.1) is 0 Å². The molecule has 8 nitrogen and oxygen atoms in total. The molecule has 0 aromatic heterocycles. The number of hydrogen-bond acceptors (Lipinski definition) is 8. The third-order valence-corrected chi connectivity index (χ3v) is 7.83. The number of carbonyl (C=O) groups excluding carboxylic acids is 2. The second kappa shape index (κ2) is 8.74. The fourth-order valence-corrected chi connectivity index (χ4v) is 5.57. The van der Waals surface area contributed by atoms with Crippen LogP contribution in [0.15, 0.2) is 23.4 Å². The maximum atomic E-state index is 11.8. The molecule has 178 valence electrons. The molecule has 8 heteroatoms. The number of likely N-dealkylation sites (tertiary alicyclic amines) is 1. The number of benzene rings is 1. The van der Waals surface area contributed by atoms with Crippen LogP contribution >= 0.6 is 0 Å². The van der Waals surface area contributed by atoms with Crippen molar-refractivity contribution < 1.29 is 28.9 Å². The van der Waals surface area contributed by atoms with Crippen molar-refractivity contribution in [3.05, 3.63) is 45.7 Å². The Balaban J connectivity index is 1.18. The van der Waals surface area contributed by atoms with E-state index in [2.05, 4.69) is 9.80 Å². The zero-order valence-corrected chi connectivity index (χ0v) is 19.4. The minimum absolute atomic E-state index is 0.144. The summed E-state index contributed by atoms with van der Waals surface area (Å²) in [6.45, 7) is 9.02. The van der Waals surface area contributed by atoms with Gasteiger partial charge in [0.2, 0.25) is 0 Å². The van der Waals surface area contributed by atoms with E-state index in [1.807, 2.05) is 19.9 Å². The van der Waals surface area contributed by atoms with Gasteiger partial charge in [0.05, 0.1) is 35.1 Å². The first-order valence-electron chi connectivity index (χ1n) is 11.8. The highest BCUT2D eigenvalue weighted by Crippen LogP contribution is 2.35. The summed E-state index contributed by atoms with van der Waals surface area (Å²) in [6.07, 6.45) is 2.16. The van der Waals surface area contributed by atoms with E-state index in [1.165, 1.54) is 0 Å². The number of piperidine rings is 1. The molecule has 0 radical (unpaired) electrons. The van der Waals surface area contributed by atoms with Gasteiger partial charge in [0.1, 0.15) is 13.2 Å². The van der Waals surface area contributed by atoms with Crippen LogP contribution in [0.3, 0.4) is 0 Å². The van der Waals surface area contributed by atoms with Crippen molar-refractivity contribution in [2.45, 2.75) is 51.4 Å². The van der Waals surface area contributed by atoms with Crippen LogP contribution in [0.2, 0.25) is 0 Å². The number of cyclic esters (lactones) is 2. The van der Waals surface area contributed by atoms with Gasteiger partial charge in [0.15, 0.2) is 0 Å². The minimum atomic E-state index is -0.611. The lowest BCUT2D eigenvalue weighted by Gasteiger charge is -2.41. The Kier molecular flexibility index (Phi) is 5.93. The van der Waals surface area contributed by atoms with Gasteiger partial charge in [0.25, 0.3) is 0 Å². The Morgan fingerprint density at radius 1 is 1.00 bits per heavy atom. The third kappa shape index (κ3) is 4.16. The van der Waals surface area contributed by atoms with Gasteiger partial charge in [-0.2, -0.15) is 0 Å². The molecule has 0 amide bonds. The van der Waals surface area contributed by atoms with Crippen molar-refractivity contribution in [3.63, 3.8) is 0 Å². The van der Waals surface area contributed by atoms with E-state index in [4.69, 9.17) is 14.2 Å². The van der Waals surface area contributed by atoms with E-state index in [9.17, 15) is 14.7 Å². The number of aliphatic hydroxyl groups is 1. The predicted molar refractivity (Wildman–Crippen MR) is 119 cm³/mol. The quantitative estimate of drug-likeness (QED) is 0.689. The van der Waals surface area contributed by atoms with Crippen LogP contribution < -0.4 is 0 Å². The molecule has 1 atom stereocenters. The molecule has 4 aliphatic heterocycles. The second-order valence-corrected chi connectivity index (χ2v) is 9.61. The van der Waals surface area contributed by atoms with Crippen molar-refractivity contribution in [2.75, 3.05) is 45.9 Å². The van der Waals surface area contributed by atoms with Crippen molar-refractivity contribution >= 4 is 11.9 Å². The van der Waals surface area contributed by atoms with Crippen LogP contribution in [0, 0.1) is 6.92 Å². The molecule has 2 fully saturated rings. The largest absolute Gasteiger partial charge is 0.457 e. The SMILES string of the molecule is CC1=C(N2CCOC3(CCN(CC(O)c4ccc5c(c4C)COC5=O)CC3)CC2)COC1=O. The summed E-state index contributed by atoms with van der Waals surface area (Å²) >= 11 is 0. The molecule has 0 aliphatic carbocycles. The zero-order chi connectivity index (χ0) is 23.2. The fraction of sp³-hybridized carbons (Fsp3) is 0.600. The average molecular weight is 457 g/mol. The number of β-amino-alcohol motifs (C(OH)–C–C–N with tert-alkyl or cyclic N) is 1. The van der Waals surface area contributed by atoms with Gasteiger partial charge in [0, 0.05) is 38.3 Å². The Morgan fingerprint density at radius 3 is 2.45 bits per heavy atom. The molecule has 4 heterocycles. The number of hydrogen-bond donors (Lipinski definition) is 1. The predicted octanol–water partition coefficient (Wildman–Crippen LogP) is 2.09. The van der Waals surface area contributed by atoms with E-state index in [1.54, 1.807) is 6.07 Å². The molecule has 2 saturated heterocycles. The maximum Gasteiger partial charge on any atom is 0.338 e. The normalized spacial score (nSPS) is 24.0. The summed E-state index contributed by atoms with van der Waals surface area (Å²) in [4.78, 5) is 28.1. The molecule has 1 N–H and O–H groups in total. The Hall–Kier alpha value is -2.42. The number of aliphatic hydroxyl groups excluding tert-OH is 1. The number of fused-ring (bicyclic) bond motifs is 1. The van der Waals surface area contributed by atoms with E-state index >= 15 is 0 Å². The highest BCUT2D eigenvalue weighted by Gasteiger charge is 2.39. The molecule has 5 rings (SSSR count). The summed E-state index contributed by atoms with van der Waals surface area (Å²) in [7, 11) is 0. The van der Waals surface area contributed by atoms with Crippen LogP contribution in [0.1, 0.15) is 59.3 Å². The first-order chi connectivity index (χ1) is 15.9. The monoisotopic (exact) mass is 456 g/mol. The molecular formula is C25H32N2O6. The highest BCUT2D eigenvalue weighted by atomic mass is 16.5. The Morgan fingerprint density at radius 2 is 1.73 bits per heavy atom. The number of carbonyl (C=O) groups is 2. The standard InChI is InChI=1S/C25H32N2O6/c1-16-18(3-4-19-20(16)14-31-24(19)30)22(28)13-26-8-5-25(6-9-26)7-10-27(11-12-33-25)21-15-32-23(29)17(21)2/h3-4,22,28H,5-15H2,1-2H3. The Bertz CT molecular complexity index is 995. The Labute approximate surface area is 194 Å². The zero-order valence-electron chi connectivity index (χ0n) is 19.4. The number of esters is 2. The van der Waals surface area contributed by atoms with Gasteiger partial charge in [-0.25, -0.2) is 9.59 Å². The average Bonchev–Trinajstić information content (AvgIpc) is 3.27. The van der Waals surface area contributed by atoms with E-state index in [0.717, 1.165) is 67.8 Å². The highest BCUT2D eigenvalue weighted by molar-refractivity contribution is 5.94. The van der Waals surface area contributed by atoms with Crippen molar-refractivity contribution in [3.8, 4) is 0 Å². The van der Waals surface area contributed by atoms with Gasteiger partial charge in [-0.3, -0.25) is 0 Å². The summed E-state index contributed by atoms with van der Waals surface area (Å²) in [5.74, 6) is -0.495. The van der Waals surface area contributed by atoms with Crippen molar-refractivity contribution in [1.82, 2.24) is 9.80 Å². The van der Waals surface area contributed by atoms with Gasteiger partial charge >= 0.3 is 11.9 Å². The van der Waals surface area contributed by atoms with Crippen LogP contribution in [0.4, 0.5) is 0 Å². The lowest BCUT2D eigenvalue weighted by Crippen LogP contribution is -2.47. The number of rotatable bonds is 4. The number of ether oxygens (including phenoxy) is 3. The molecule has 0 bridgehead atoms. The van der Waals surface area contributed by atoms with Gasteiger partial charge < -0.3 is 29.1 Å². The maximum absolute atomic E-state index is 11.8. The van der Waals surface area contributed by atoms with Crippen LogP contribution in [-0.4, -0.2) is 78.4 Å². The molecule has 33 heavy (non-hydrogen) atoms. The summed E-state index contributed by atoms with van der Waals surface area (Å²) in [5, 5.41) is 11.0. The van der Waals surface area contributed by atoms with Crippen molar-refractivity contribution in [2.24, 2.45) is 0 Å². The van der Waals surface area contributed by atoms with E-state index in [0.29, 0.717) is 30.9 Å². The first-order valence-corrected chi connectivity index (χ1v) is 11.8. The second-order valence-electron chi connectivity index (χ2n) is 9.61. The van der Waals surface area contributed by atoms with Crippen LogP contribution in [0.5, 0.6) is 0 Å². The topological polar surface area (TPSA) is 88.5 Å². The van der Waals surface area contributed by atoms with Crippen LogP contribution in [0.25, 0.3) is 0 Å². The minimum Gasteiger partial charge on any atom is -0.457 e. The molecule has 1 aromatic carbocycles. The smallest absolute Gasteiger partial charge is 0.338 e. The summed E-state index contributed by atoms with van der Waals surface area (Å²) < 4.78 is 16.7.